The molecule has 0 spiro atoms. The van der Waals surface area contributed by atoms with Crippen molar-refractivity contribution >= 4 is 29.9 Å². The first-order valence-corrected chi connectivity index (χ1v) is 10.3. The summed E-state index contributed by atoms with van der Waals surface area (Å²) in [7, 11) is 3.72. The number of guanidine groups is 1. The Bertz CT molecular complexity index is 1130. The molecule has 4 aromatic rings. The van der Waals surface area contributed by atoms with Crippen molar-refractivity contribution in [2.24, 2.45) is 12.0 Å². The highest BCUT2D eigenvalue weighted by atomic mass is 127. The van der Waals surface area contributed by atoms with Crippen LogP contribution in [-0.2, 0) is 26.7 Å². The van der Waals surface area contributed by atoms with Crippen molar-refractivity contribution in [1.82, 2.24) is 30.0 Å². The van der Waals surface area contributed by atoms with Crippen molar-refractivity contribution < 1.29 is 0 Å². The standard InChI is InChI=1S/C24H27N7.HI/c1-25-24(28-16-22-11-12-29-30(22)2)27-15-21-5-3-4-6-23(21)20-9-7-19(8-10-20)17-31-14-13-26-18-31;/h3-14,18H,15-17H2,1-2H3,(H2,25,27,28);1H. The number of hydrogen-bond donors (Lipinski definition) is 2. The van der Waals surface area contributed by atoms with Crippen molar-refractivity contribution in [1.29, 1.82) is 0 Å². The Morgan fingerprint density at radius 1 is 0.969 bits per heavy atom. The highest BCUT2D eigenvalue weighted by Crippen LogP contribution is 2.24. The second kappa shape index (κ2) is 11.5. The Hall–Kier alpha value is -3.14. The molecule has 0 unspecified atom stereocenters. The molecular weight excluding hydrogens is 513 g/mol. The van der Waals surface area contributed by atoms with Gasteiger partial charge in [-0.25, -0.2) is 4.98 Å². The number of benzene rings is 2. The van der Waals surface area contributed by atoms with Crippen molar-refractivity contribution in [3.8, 4) is 11.1 Å². The van der Waals surface area contributed by atoms with Gasteiger partial charge in [-0.3, -0.25) is 9.67 Å². The fourth-order valence-electron chi connectivity index (χ4n) is 3.49. The van der Waals surface area contributed by atoms with Gasteiger partial charge in [-0.1, -0.05) is 48.5 Å². The molecule has 8 heteroatoms. The lowest BCUT2D eigenvalue weighted by molar-refractivity contribution is 0.684. The number of aryl methyl sites for hydroxylation is 1. The molecule has 0 amide bonds. The fraction of sp³-hybridized carbons (Fsp3) is 0.208. The number of imidazole rings is 1. The summed E-state index contributed by atoms with van der Waals surface area (Å²) in [5.41, 5.74) is 5.97. The van der Waals surface area contributed by atoms with E-state index >= 15 is 0 Å². The summed E-state index contributed by atoms with van der Waals surface area (Å²) in [6.07, 6.45) is 7.41. The summed E-state index contributed by atoms with van der Waals surface area (Å²) in [6, 6.07) is 19.2. The molecule has 0 aliphatic carbocycles. The average molecular weight is 541 g/mol. The normalized spacial score (nSPS) is 11.1. The van der Waals surface area contributed by atoms with Crippen LogP contribution in [0.3, 0.4) is 0 Å². The lowest BCUT2D eigenvalue weighted by Crippen LogP contribution is -2.36. The average Bonchev–Trinajstić information content (AvgIpc) is 3.46. The van der Waals surface area contributed by atoms with E-state index in [1.165, 1.54) is 22.3 Å². The van der Waals surface area contributed by atoms with Gasteiger partial charge in [0.25, 0.3) is 0 Å². The van der Waals surface area contributed by atoms with Crippen LogP contribution in [0.2, 0.25) is 0 Å². The molecule has 4 rings (SSSR count). The van der Waals surface area contributed by atoms with Crippen molar-refractivity contribution in [3.63, 3.8) is 0 Å². The van der Waals surface area contributed by atoms with Crippen LogP contribution in [0.25, 0.3) is 11.1 Å². The van der Waals surface area contributed by atoms with Crippen LogP contribution in [-0.4, -0.2) is 32.3 Å². The summed E-state index contributed by atoms with van der Waals surface area (Å²) >= 11 is 0. The van der Waals surface area contributed by atoms with Crippen LogP contribution in [0.5, 0.6) is 0 Å². The molecule has 0 fully saturated rings. The summed E-state index contributed by atoms with van der Waals surface area (Å²) in [5, 5.41) is 11.0. The minimum absolute atomic E-state index is 0. The quantitative estimate of drug-likeness (QED) is 0.212. The van der Waals surface area contributed by atoms with Crippen molar-refractivity contribution in [3.05, 3.63) is 96.3 Å². The zero-order chi connectivity index (χ0) is 21.5. The lowest BCUT2D eigenvalue weighted by atomic mass is 9.98. The van der Waals surface area contributed by atoms with E-state index in [1.54, 1.807) is 19.4 Å². The molecule has 0 radical (unpaired) electrons. The SMILES string of the molecule is CN=C(NCc1ccccc1-c1ccc(Cn2ccnc2)cc1)NCc1ccnn1C.I. The third kappa shape index (κ3) is 5.97. The van der Waals surface area contributed by atoms with E-state index in [9.17, 15) is 0 Å². The van der Waals surface area contributed by atoms with Gasteiger partial charge in [0, 0.05) is 45.8 Å². The molecular formula is C24H28IN7. The number of nitrogens with zero attached hydrogens (tertiary/aromatic N) is 5. The van der Waals surface area contributed by atoms with Gasteiger partial charge >= 0.3 is 0 Å². The predicted octanol–water partition coefficient (Wildman–Crippen LogP) is 3.82. The number of halogens is 1. The first-order chi connectivity index (χ1) is 15.2. The number of hydrogen-bond acceptors (Lipinski definition) is 3. The molecule has 2 heterocycles. The van der Waals surface area contributed by atoms with E-state index in [-0.39, 0.29) is 24.0 Å². The minimum Gasteiger partial charge on any atom is -0.352 e. The van der Waals surface area contributed by atoms with Crippen LogP contribution in [0.1, 0.15) is 16.8 Å². The Morgan fingerprint density at radius 2 is 1.75 bits per heavy atom. The van der Waals surface area contributed by atoms with E-state index in [2.05, 4.69) is 78.8 Å². The van der Waals surface area contributed by atoms with Crippen LogP contribution in [0.15, 0.2) is 84.5 Å². The van der Waals surface area contributed by atoms with Crippen LogP contribution < -0.4 is 10.6 Å². The molecule has 0 saturated carbocycles. The molecule has 32 heavy (non-hydrogen) atoms. The number of aliphatic imine (C=N–C) groups is 1. The van der Waals surface area contributed by atoms with Gasteiger partial charge in [0.05, 0.1) is 18.6 Å². The van der Waals surface area contributed by atoms with Gasteiger partial charge < -0.3 is 15.2 Å². The summed E-state index contributed by atoms with van der Waals surface area (Å²) < 4.78 is 3.92. The highest BCUT2D eigenvalue weighted by Gasteiger charge is 2.07. The maximum Gasteiger partial charge on any atom is 0.191 e. The number of aromatic nitrogens is 4. The number of nitrogens with one attached hydrogen (secondary N) is 2. The van der Waals surface area contributed by atoms with Crippen molar-refractivity contribution in [2.75, 3.05) is 7.05 Å². The van der Waals surface area contributed by atoms with Gasteiger partial charge in [0.15, 0.2) is 5.96 Å². The summed E-state index contributed by atoms with van der Waals surface area (Å²) in [4.78, 5) is 8.44. The van der Waals surface area contributed by atoms with Gasteiger partial charge in [0.2, 0.25) is 0 Å². The Labute approximate surface area is 205 Å². The molecule has 166 valence electrons. The third-order valence-corrected chi connectivity index (χ3v) is 5.24. The van der Waals surface area contributed by atoms with E-state index in [4.69, 9.17) is 0 Å². The zero-order valence-electron chi connectivity index (χ0n) is 18.3. The van der Waals surface area contributed by atoms with Crippen LogP contribution in [0, 0.1) is 0 Å². The monoisotopic (exact) mass is 541 g/mol. The predicted molar refractivity (Wildman–Crippen MR) is 139 cm³/mol. The van der Waals surface area contributed by atoms with E-state index in [0.29, 0.717) is 13.1 Å². The molecule has 0 atom stereocenters. The highest BCUT2D eigenvalue weighted by molar-refractivity contribution is 14.0. The molecule has 2 N–H and O–H groups in total. The summed E-state index contributed by atoms with van der Waals surface area (Å²) in [6.45, 7) is 2.16. The van der Waals surface area contributed by atoms with E-state index in [1.807, 2.05) is 30.3 Å². The Morgan fingerprint density at radius 3 is 2.44 bits per heavy atom. The van der Waals surface area contributed by atoms with Crippen molar-refractivity contribution in [2.45, 2.75) is 19.6 Å². The van der Waals surface area contributed by atoms with Crippen LogP contribution >= 0.6 is 24.0 Å². The molecule has 2 aromatic heterocycles. The topological polar surface area (TPSA) is 72.1 Å². The molecule has 0 aliphatic heterocycles. The number of rotatable bonds is 7. The van der Waals surface area contributed by atoms with E-state index < -0.39 is 0 Å². The maximum atomic E-state index is 4.34. The Balaban J connectivity index is 0.00000289. The first-order valence-electron chi connectivity index (χ1n) is 10.3. The third-order valence-electron chi connectivity index (χ3n) is 5.24. The zero-order valence-corrected chi connectivity index (χ0v) is 20.6. The van der Waals surface area contributed by atoms with E-state index in [0.717, 1.165) is 18.2 Å². The minimum atomic E-state index is 0. The molecule has 7 nitrogen and oxygen atoms in total. The van der Waals surface area contributed by atoms with Gasteiger partial charge in [-0.15, -0.1) is 24.0 Å². The molecule has 0 aliphatic rings. The van der Waals surface area contributed by atoms with Crippen LogP contribution in [0.4, 0.5) is 0 Å². The smallest absolute Gasteiger partial charge is 0.191 e. The second-order valence-electron chi connectivity index (χ2n) is 7.31. The lowest BCUT2D eigenvalue weighted by Gasteiger charge is -2.15. The van der Waals surface area contributed by atoms with Gasteiger partial charge in [-0.2, -0.15) is 5.10 Å². The first kappa shape index (κ1) is 23.5. The molecule has 0 bridgehead atoms. The van der Waals surface area contributed by atoms with Gasteiger partial charge in [0.1, 0.15) is 0 Å². The summed E-state index contributed by atoms with van der Waals surface area (Å²) in [5.74, 6) is 0.756. The largest absolute Gasteiger partial charge is 0.352 e. The maximum absolute atomic E-state index is 4.34. The Kier molecular flexibility index (Phi) is 8.43. The second-order valence-corrected chi connectivity index (χ2v) is 7.31. The molecule has 2 aromatic carbocycles. The molecule has 0 saturated heterocycles. The fourth-order valence-corrected chi connectivity index (χ4v) is 3.49. The van der Waals surface area contributed by atoms with Gasteiger partial charge in [-0.05, 0) is 28.3 Å².